The Hall–Kier alpha value is -4.62. The van der Waals surface area contributed by atoms with Crippen LogP contribution in [0.3, 0.4) is 0 Å². The second-order valence-corrected chi connectivity index (χ2v) is 9.13. The van der Waals surface area contributed by atoms with Gasteiger partial charge in [0.2, 0.25) is 0 Å². The van der Waals surface area contributed by atoms with E-state index in [-0.39, 0.29) is 5.91 Å². The Labute approximate surface area is 227 Å². The van der Waals surface area contributed by atoms with E-state index in [4.69, 9.17) is 19.0 Å². The summed E-state index contributed by atoms with van der Waals surface area (Å²) < 4.78 is 16.4. The number of methoxy groups -OCH3 is 2. The summed E-state index contributed by atoms with van der Waals surface area (Å²) in [6.07, 6.45) is 0. The number of carbonyl (C=O) groups is 2. The fourth-order valence-corrected chi connectivity index (χ4v) is 5.24. The van der Waals surface area contributed by atoms with Crippen molar-refractivity contribution in [3.05, 3.63) is 113 Å². The number of amides is 1. The van der Waals surface area contributed by atoms with Crippen LogP contribution in [0.5, 0.6) is 17.2 Å². The summed E-state index contributed by atoms with van der Waals surface area (Å²) in [6, 6.07) is 27.7. The average Bonchev–Trinajstić information content (AvgIpc) is 3.30. The lowest BCUT2D eigenvalue weighted by Gasteiger charge is -2.33. The number of benzene rings is 4. The summed E-state index contributed by atoms with van der Waals surface area (Å²) in [5.74, 6) is 0.370. The molecule has 0 spiro atoms. The first-order valence-electron chi connectivity index (χ1n) is 12.5. The van der Waals surface area contributed by atoms with Crippen LogP contribution in [0.15, 0.2) is 91.0 Å². The molecule has 4 aromatic rings. The van der Waals surface area contributed by atoms with Gasteiger partial charge in [0, 0.05) is 18.6 Å². The molecular formula is C32H29NO6. The van der Waals surface area contributed by atoms with Crippen molar-refractivity contribution in [2.75, 3.05) is 21.3 Å². The maximum atomic E-state index is 14.5. The second-order valence-electron chi connectivity index (χ2n) is 9.13. The summed E-state index contributed by atoms with van der Waals surface area (Å²) in [6.45, 7) is 1.35. The van der Waals surface area contributed by atoms with Crippen LogP contribution in [0.25, 0.3) is 11.1 Å². The van der Waals surface area contributed by atoms with Gasteiger partial charge in [0.15, 0.2) is 0 Å². The van der Waals surface area contributed by atoms with E-state index < -0.39 is 17.9 Å². The average molecular weight is 524 g/mol. The van der Waals surface area contributed by atoms with Crippen molar-refractivity contribution < 1.29 is 28.6 Å². The van der Waals surface area contributed by atoms with E-state index in [1.165, 1.54) is 19.1 Å². The number of hydrogen-bond donors (Lipinski definition) is 0. The van der Waals surface area contributed by atoms with Crippen LogP contribution in [-0.4, -0.2) is 38.3 Å². The van der Waals surface area contributed by atoms with Crippen LogP contribution in [0.1, 0.15) is 41.1 Å². The fraction of sp³-hybridized carbons (Fsp3) is 0.188. The highest BCUT2D eigenvalue weighted by molar-refractivity contribution is 5.96. The van der Waals surface area contributed by atoms with Gasteiger partial charge < -0.3 is 14.2 Å². The Morgan fingerprint density at radius 2 is 1.33 bits per heavy atom. The van der Waals surface area contributed by atoms with Crippen LogP contribution in [0.2, 0.25) is 0 Å². The predicted molar refractivity (Wildman–Crippen MR) is 147 cm³/mol. The summed E-state index contributed by atoms with van der Waals surface area (Å²) in [5.41, 5.74) is 5.36. The number of carbonyl (C=O) groups excluding carboxylic acids is 2. The highest BCUT2D eigenvalue weighted by atomic mass is 16.7. The van der Waals surface area contributed by atoms with Crippen molar-refractivity contribution in [2.45, 2.75) is 18.9 Å². The van der Waals surface area contributed by atoms with Crippen molar-refractivity contribution in [3.8, 4) is 28.4 Å². The molecule has 0 aliphatic heterocycles. The maximum absolute atomic E-state index is 14.5. The van der Waals surface area contributed by atoms with Crippen molar-refractivity contribution in [1.82, 2.24) is 5.06 Å². The molecule has 1 aliphatic carbocycles. The quantitative estimate of drug-likeness (QED) is 0.162. The van der Waals surface area contributed by atoms with Crippen LogP contribution in [0.4, 0.5) is 0 Å². The van der Waals surface area contributed by atoms with Crippen molar-refractivity contribution >= 4 is 11.9 Å². The van der Waals surface area contributed by atoms with Gasteiger partial charge >= 0.3 is 5.97 Å². The SMILES string of the molecule is COc1ccc([C@H](c2ccc(OC(C)=O)cc2)N(OC)C(=O)C2c3ccccc3-c3ccccc32)c(OC)c1. The molecule has 7 heteroatoms. The largest absolute Gasteiger partial charge is 0.497 e. The third-order valence-electron chi connectivity index (χ3n) is 6.92. The minimum absolute atomic E-state index is 0.221. The monoisotopic (exact) mass is 523 g/mol. The van der Waals surface area contributed by atoms with Gasteiger partial charge in [0.1, 0.15) is 23.3 Å². The Kier molecular flexibility index (Phi) is 7.34. The first-order valence-corrected chi connectivity index (χ1v) is 12.5. The Morgan fingerprint density at radius 1 is 0.744 bits per heavy atom. The molecule has 39 heavy (non-hydrogen) atoms. The van der Waals surface area contributed by atoms with Crippen molar-refractivity contribution in [2.24, 2.45) is 0 Å². The molecule has 0 fully saturated rings. The van der Waals surface area contributed by atoms with E-state index in [1.54, 1.807) is 32.4 Å². The molecule has 7 nitrogen and oxygen atoms in total. The van der Waals surface area contributed by atoms with Crippen LogP contribution in [0, 0.1) is 0 Å². The smallest absolute Gasteiger partial charge is 0.308 e. The van der Waals surface area contributed by atoms with Crippen molar-refractivity contribution in [3.63, 3.8) is 0 Å². The molecular weight excluding hydrogens is 494 g/mol. The minimum atomic E-state index is -0.686. The van der Waals surface area contributed by atoms with Gasteiger partial charge in [-0.15, -0.1) is 0 Å². The lowest BCUT2D eigenvalue weighted by atomic mass is 9.92. The molecule has 1 atom stereocenters. The molecule has 0 saturated carbocycles. The zero-order valence-electron chi connectivity index (χ0n) is 22.2. The Morgan fingerprint density at radius 3 is 1.87 bits per heavy atom. The Bertz CT molecular complexity index is 1470. The zero-order chi connectivity index (χ0) is 27.5. The van der Waals surface area contributed by atoms with Gasteiger partial charge in [0.05, 0.1) is 27.2 Å². The lowest BCUT2D eigenvalue weighted by Crippen LogP contribution is -2.38. The molecule has 0 heterocycles. The molecule has 1 amide bonds. The summed E-state index contributed by atoms with van der Waals surface area (Å²) >= 11 is 0. The number of rotatable bonds is 8. The summed E-state index contributed by atoms with van der Waals surface area (Å²) in [4.78, 5) is 31.8. The van der Waals surface area contributed by atoms with E-state index in [1.807, 2.05) is 72.8 Å². The molecule has 0 unspecified atom stereocenters. The molecule has 0 N–H and O–H groups in total. The fourth-order valence-electron chi connectivity index (χ4n) is 5.24. The van der Waals surface area contributed by atoms with E-state index in [2.05, 4.69) is 0 Å². The van der Waals surface area contributed by atoms with E-state index >= 15 is 0 Å². The summed E-state index contributed by atoms with van der Waals surface area (Å²) in [5, 5.41) is 1.40. The number of esters is 1. The number of hydroxylamine groups is 2. The van der Waals surface area contributed by atoms with E-state index in [9.17, 15) is 9.59 Å². The first kappa shape index (κ1) is 26.0. The molecule has 1 aliphatic rings. The van der Waals surface area contributed by atoms with Gasteiger partial charge in [-0.2, -0.15) is 0 Å². The molecule has 0 saturated heterocycles. The van der Waals surface area contributed by atoms with Crippen LogP contribution < -0.4 is 14.2 Å². The van der Waals surface area contributed by atoms with Gasteiger partial charge in [-0.1, -0.05) is 60.7 Å². The first-order chi connectivity index (χ1) is 19.0. The maximum Gasteiger partial charge on any atom is 0.308 e. The molecule has 198 valence electrons. The number of ether oxygens (including phenoxy) is 3. The zero-order valence-corrected chi connectivity index (χ0v) is 22.2. The predicted octanol–water partition coefficient (Wildman–Crippen LogP) is 5.92. The normalized spacial score (nSPS) is 12.7. The summed E-state index contributed by atoms with van der Waals surface area (Å²) in [7, 11) is 4.64. The molecule has 0 bridgehead atoms. The van der Waals surface area contributed by atoms with E-state index in [0.717, 1.165) is 27.8 Å². The molecule has 5 rings (SSSR count). The highest BCUT2D eigenvalue weighted by Crippen LogP contribution is 2.47. The van der Waals surface area contributed by atoms with Gasteiger partial charge in [0.25, 0.3) is 5.91 Å². The standard InChI is InChI=1S/C32H29NO6/c1-20(34)39-22-15-13-21(14-16-22)31(28-18-17-23(36-2)19-29(28)37-3)33(38-4)32(35)30-26-11-7-5-9-24(26)25-10-6-8-12-27(25)30/h5-19,30-31H,1-4H3/t31-/m0/s1. The molecule has 0 radical (unpaired) electrons. The highest BCUT2D eigenvalue weighted by Gasteiger charge is 2.40. The van der Waals surface area contributed by atoms with Gasteiger partial charge in [-0.3, -0.25) is 14.4 Å². The Balaban J connectivity index is 1.64. The third kappa shape index (κ3) is 4.84. The van der Waals surface area contributed by atoms with Crippen LogP contribution >= 0.6 is 0 Å². The van der Waals surface area contributed by atoms with Crippen molar-refractivity contribution in [1.29, 1.82) is 0 Å². The second kappa shape index (κ2) is 11.0. The van der Waals surface area contributed by atoms with E-state index in [0.29, 0.717) is 22.8 Å². The molecule has 4 aromatic carbocycles. The molecule has 0 aromatic heterocycles. The van der Waals surface area contributed by atoms with Gasteiger partial charge in [-0.25, -0.2) is 5.06 Å². The number of nitrogens with zero attached hydrogens (tertiary/aromatic N) is 1. The third-order valence-corrected chi connectivity index (χ3v) is 6.92. The topological polar surface area (TPSA) is 74.3 Å². The van der Waals surface area contributed by atoms with Gasteiger partial charge in [-0.05, 0) is 52.1 Å². The lowest BCUT2D eigenvalue weighted by molar-refractivity contribution is -0.186. The number of fused-ring (bicyclic) bond motifs is 3. The number of hydrogen-bond acceptors (Lipinski definition) is 6. The minimum Gasteiger partial charge on any atom is -0.497 e. The van der Waals surface area contributed by atoms with Crippen LogP contribution in [-0.2, 0) is 14.4 Å².